The summed E-state index contributed by atoms with van der Waals surface area (Å²) in [5.41, 5.74) is 0.368. The lowest BCUT2D eigenvalue weighted by Crippen LogP contribution is -2.21. The van der Waals surface area contributed by atoms with Crippen molar-refractivity contribution in [3.8, 4) is 17.2 Å². The molecule has 1 aliphatic rings. The molecule has 1 atom stereocenters. The number of hydrogen-bond acceptors (Lipinski definition) is 5. The number of rotatable bonds is 7. The third kappa shape index (κ3) is 5.48. The Morgan fingerprint density at radius 3 is 2.38 bits per heavy atom. The molecule has 168 valence electrons. The van der Waals surface area contributed by atoms with E-state index in [0.717, 1.165) is 19.5 Å². The summed E-state index contributed by atoms with van der Waals surface area (Å²) in [6, 6.07) is 18.0. The molecular weight excluding hydrogens is 471 g/mol. The third-order valence-electron chi connectivity index (χ3n) is 5.02. The van der Waals surface area contributed by atoms with Crippen LogP contribution in [0.3, 0.4) is 0 Å². The van der Waals surface area contributed by atoms with Gasteiger partial charge in [0.25, 0.3) is 10.0 Å². The lowest BCUT2D eigenvalue weighted by Gasteiger charge is -2.16. The van der Waals surface area contributed by atoms with Crippen molar-refractivity contribution in [2.45, 2.75) is 17.4 Å². The maximum Gasteiger partial charge on any atom is 0.261 e. The second kappa shape index (κ2) is 9.58. The number of nitrogens with one attached hydrogen (secondary N) is 1. The molecule has 0 aromatic heterocycles. The van der Waals surface area contributed by atoms with Crippen LogP contribution in [0.25, 0.3) is 0 Å². The summed E-state index contributed by atoms with van der Waals surface area (Å²) in [4.78, 5) is 2.27. The summed E-state index contributed by atoms with van der Waals surface area (Å²) in [6.07, 6.45) is 0.917. The molecule has 1 fully saturated rings. The second-order valence-electron chi connectivity index (χ2n) is 7.55. The van der Waals surface area contributed by atoms with Crippen molar-refractivity contribution in [1.29, 1.82) is 0 Å². The molecule has 1 heterocycles. The molecule has 1 N–H and O–H groups in total. The summed E-state index contributed by atoms with van der Waals surface area (Å²) in [5, 5.41) is 0.902. The normalized spacial score (nSPS) is 16.7. The van der Waals surface area contributed by atoms with Crippen LogP contribution < -0.4 is 14.2 Å². The van der Waals surface area contributed by atoms with E-state index in [1.54, 1.807) is 54.6 Å². The standard InChI is InChI=1S/C23H22Cl2N2O4S/c1-27-13-12-18(15-27)31-23-14-16(6-11-21(23)25)26-32(28,29)19-9-7-17(8-10-19)30-22-5-3-2-4-20(22)24/h2-11,14,18,26H,12-13,15H2,1H3/t18-/m1/s1. The van der Waals surface area contributed by atoms with Gasteiger partial charge in [0.1, 0.15) is 23.4 Å². The van der Waals surface area contributed by atoms with Crippen molar-refractivity contribution < 1.29 is 17.9 Å². The van der Waals surface area contributed by atoms with Crippen LogP contribution in [0.15, 0.2) is 71.6 Å². The lowest BCUT2D eigenvalue weighted by atomic mass is 10.3. The number of sulfonamides is 1. The summed E-state index contributed by atoms with van der Waals surface area (Å²) in [7, 11) is -1.79. The zero-order valence-corrected chi connectivity index (χ0v) is 19.6. The fourth-order valence-electron chi connectivity index (χ4n) is 3.38. The zero-order valence-electron chi connectivity index (χ0n) is 17.3. The number of anilines is 1. The molecular formula is C23H22Cl2N2O4S. The van der Waals surface area contributed by atoms with Crippen molar-refractivity contribution in [2.24, 2.45) is 0 Å². The molecule has 32 heavy (non-hydrogen) atoms. The second-order valence-corrected chi connectivity index (χ2v) is 10.0. The number of hydrogen-bond donors (Lipinski definition) is 1. The molecule has 1 saturated heterocycles. The Kier molecular flexibility index (Phi) is 6.81. The van der Waals surface area contributed by atoms with Gasteiger partial charge in [-0.25, -0.2) is 8.42 Å². The van der Waals surface area contributed by atoms with Gasteiger partial charge in [0.15, 0.2) is 0 Å². The van der Waals surface area contributed by atoms with E-state index in [9.17, 15) is 8.42 Å². The van der Waals surface area contributed by atoms with E-state index in [4.69, 9.17) is 32.7 Å². The minimum absolute atomic E-state index is 0.0232. The van der Waals surface area contributed by atoms with E-state index in [2.05, 4.69) is 9.62 Å². The molecule has 0 unspecified atom stereocenters. The van der Waals surface area contributed by atoms with Gasteiger partial charge in [0, 0.05) is 19.2 Å². The molecule has 4 rings (SSSR count). The molecule has 9 heteroatoms. The van der Waals surface area contributed by atoms with Gasteiger partial charge in [-0.2, -0.15) is 0 Å². The van der Waals surface area contributed by atoms with Crippen LogP contribution in [0.2, 0.25) is 10.0 Å². The topological polar surface area (TPSA) is 67.9 Å². The van der Waals surface area contributed by atoms with E-state index >= 15 is 0 Å². The first kappa shape index (κ1) is 22.7. The van der Waals surface area contributed by atoms with Crippen molar-refractivity contribution in [3.05, 3.63) is 76.8 Å². The van der Waals surface area contributed by atoms with Crippen molar-refractivity contribution in [3.63, 3.8) is 0 Å². The van der Waals surface area contributed by atoms with E-state index < -0.39 is 10.0 Å². The number of likely N-dealkylation sites (N-methyl/N-ethyl adjacent to an activating group) is 1. The minimum Gasteiger partial charge on any atom is -0.487 e. The number of para-hydroxylation sites is 1. The van der Waals surface area contributed by atoms with Crippen molar-refractivity contribution in [2.75, 3.05) is 24.9 Å². The lowest BCUT2D eigenvalue weighted by molar-refractivity contribution is 0.208. The smallest absolute Gasteiger partial charge is 0.261 e. The van der Waals surface area contributed by atoms with E-state index in [0.29, 0.717) is 33.0 Å². The Balaban J connectivity index is 1.47. The average molecular weight is 493 g/mol. The number of halogens is 2. The largest absolute Gasteiger partial charge is 0.487 e. The molecule has 3 aromatic rings. The van der Waals surface area contributed by atoms with E-state index in [-0.39, 0.29) is 11.0 Å². The zero-order chi connectivity index (χ0) is 22.7. The summed E-state index contributed by atoms with van der Waals surface area (Å²) < 4.78 is 40.0. The highest BCUT2D eigenvalue weighted by Crippen LogP contribution is 2.32. The third-order valence-corrected chi connectivity index (χ3v) is 7.05. The highest BCUT2D eigenvalue weighted by atomic mass is 35.5. The van der Waals surface area contributed by atoms with Gasteiger partial charge in [-0.05, 0) is 62.0 Å². The Morgan fingerprint density at radius 1 is 0.969 bits per heavy atom. The van der Waals surface area contributed by atoms with Crippen LogP contribution in [0, 0.1) is 0 Å². The fraction of sp³-hybridized carbons (Fsp3) is 0.217. The first-order valence-electron chi connectivity index (χ1n) is 10.0. The van der Waals surface area contributed by atoms with Gasteiger partial charge in [0.05, 0.1) is 20.6 Å². The molecule has 0 saturated carbocycles. The molecule has 0 aliphatic carbocycles. The number of ether oxygens (including phenoxy) is 2. The van der Waals surface area contributed by atoms with Gasteiger partial charge < -0.3 is 14.4 Å². The van der Waals surface area contributed by atoms with Crippen molar-refractivity contribution >= 4 is 38.9 Å². The van der Waals surface area contributed by atoms with Crippen molar-refractivity contribution in [1.82, 2.24) is 4.90 Å². The molecule has 1 aliphatic heterocycles. The fourth-order valence-corrected chi connectivity index (χ4v) is 4.77. The molecule has 3 aromatic carbocycles. The first-order valence-corrected chi connectivity index (χ1v) is 12.2. The highest BCUT2D eigenvalue weighted by molar-refractivity contribution is 7.92. The summed E-state index contributed by atoms with van der Waals surface area (Å²) in [6.45, 7) is 1.75. The summed E-state index contributed by atoms with van der Waals surface area (Å²) in [5.74, 6) is 1.42. The molecule has 0 bridgehead atoms. The van der Waals surface area contributed by atoms with Gasteiger partial charge in [-0.3, -0.25) is 4.72 Å². The summed E-state index contributed by atoms with van der Waals surface area (Å²) >= 11 is 12.4. The Bertz CT molecular complexity index is 1200. The van der Waals surface area contributed by atoms with Crippen LogP contribution in [0.4, 0.5) is 5.69 Å². The van der Waals surface area contributed by atoms with Crippen LogP contribution in [0.5, 0.6) is 17.2 Å². The van der Waals surface area contributed by atoms with E-state index in [1.807, 2.05) is 7.05 Å². The number of benzene rings is 3. The molecule has 6 nitrogen and oxygen atoms in total. The predicted molar refractivity (Wildman–Crippen MR) is 127 cm³/mol. The number of nitrogens with zero attached hydrogens (tertiary/aromatic N) is 1. The van der Waals surface area contributed by atoms with E-state index in [1.165, 1.54) is 12.1 Å². The van der Waals surface area contributed by atoms with Crippen LogP contribution in [-0.2, 0) is 10.0 Å². The van der Waals surface area contributed by atoms with Crippen LogP contribution >= 0.6 is 23.2 Å². The molecule has 0 spiro atoms. The molecule has 0 amide bonds. The number of likely N-dealkylation sites (tertiary alicyclic amines) is 1. The average Bonchev–Trinajstić information content (AvgIpc) is 3.17. The Hall–Kier alpha value is -2.45. The Morgan fingerprint density at radius 2 is 1.69 bits per heavy atom. The van der Waals surface area contributed by atoms with Crippen LogP contribution in [0.1, 0.15) is 6.42 Å². The van der Waals surface area contributed by atoms with Gasteiger partial charge in [-0.15, -0.1) is 0 Å². The van der Waals surface area contributed by atoms with Crippen LogP contribution in [-0.4, -0.2) is 39.6 Å². The SMILES string of the molecule is CN1CC[C@@H](Oc2cc(NS(=O)(=O)c3ccc(Oc4ccccc4Cl)cc3)ccc2Cl)C1. The quantitative estimate of drug-likeness (QED) is 0.460. The minimum atomic E-state index is -3.82. The first-order chi connectivity index (χ1) is 15.3. The van der Waals surface area contributed by atoms with Gasteiger partial charge >= 0.3 is 0 Å². The maximum atomic E-state index is 12.9. The molecule has 0 radical (unpaired) electrons. The van der Waals surface area contributed by atoms with Gasteiger partial charge in [-0.1, -0.05) is 35.3 Å². The maximum absolute atomic E-state index is 12.9. The monoisotopic (exact) mass is 492 g/mol. The van der Waals surface area contributed by atoms with Gasteiger partial charge in [0.2, 0.25) is 0 Å². The predicted octanol–water partition coefficient (Wildman–Crippen LogP) is 5.67. The Labute approximate surface area is 197 Å². The highest BCUT2D eigenvalue weighted by Gasteiger charge is 2.22.